The summed E-state index contributed by atoms with van der Waals surface area (Å²) in [7, 11) is 2.10. The van der Waals surface area contributed by atoms with Crippen molar-refractivity contribution in [1.29, 1.82) is 0 Å². The van der Waals surface area contributed by atoms with Gasteiger partial charge in [-0.15, -0.1) is 0 Å². The van der Waals surface area contributed by atoms with Crippen LogP contribution in [0.1, 0.15) is 0 Å². The van der Waals surface area contributed by atoms with Gasteiger partial charge in [0.1, 0.15) is 16.7 Å². The van der Waals surface area contributed by atoms with Crippen molar-refractivity contribution in [2.75, 3.05) is 39.2 Å². The Balaban J connectivity index is 1.66. The van der Waals surface area contributed by atoms with E-state index in [2.05, 4.69) is 16.8 Å². The Bertz CT molecular complexity index is 386. The van der Waals surface area contributed by atoms with Gasteiger partial charge in [-0.3, -0.25) is 4.90 Å². The summed E-state index contributed by atoms with van der Waals surface area (Å²) in [6.45, 7) is 3.56. The molecule has 0 atom stereocenters. The molecule has 1 aromatic carbocycles. The maximum Gasteiger partial charge on any atom is 0.137 e. The standard InChI is InChI=1S/C13H18N2OS2/c1-14(11-15-8-10-18-13(15)17)7-9-16-12-5-3-2-4-6-12/h2-6H,7-11H2,1H3. The maximum atomic E-state index is 5.67. The highest BCUT2D eigenvalue weighted by atomic mass is 32.2. The van der Waals surface area contributed by atoms with Gasteiger partial charge < -0.3 is 9.64 Å². The van der Waals surface area contributed by atoms with Crippen LogP contribution >= 0.6 is 24.0 Å². The van der Waals surface area contributed by atoms with E-state index in [4.69, 9.17) is 17.0 Å². The van der Waals surface area contributed by atoms with Crippen molar-refractivity contribution in [2.24, 2.45) is 0 Å². The minimum absolute atomic E-state index is 0.703. The van der Waals surface area contributed by atoms with Crippen LogP contribution in [0.15, 0.2) is 30.3 Å². The summed E-state index contributed by atoms with van der Waals surface area (Å²) in [5, 5.41) is 0. The lowest BCUT2D eigenvalue weighted by molar-refractivity contribution is 0.192. The third kappa shape index (κ3) is 4.15. The first-order valence-electron chi connectivity index (χ1n) is 6.04. The van der Waals surface area contributed by atoms with Crippen molar-refractivity contribution in [1.82, 2.24) is 9.80 Å². The molecule has 3 nitrogen and oxygen atoms in total. The van der Waals surface area contributed by atoms with Crippen molar-refractivity contribution in [3.8, 4) is 5.75 Å². The molecule has 1 aliphatic heterocycles. The van der Waals surface area contributed by atoms with Crippen molar-refractivity contribution in [3.63, 3.8) is 0 Å². The number of thioether (sulfide) groups is 1. The summed E-state index contributed by atoms with van der Waals surface area (Å²) in [4.78, 5) is 4.48. The zero-order valence-corrected chi connectivity index (χ0v) is 12.2. The third-order valence-corrected chi connectivity index (χ3v) is 4.25. The minimum Gasteiger partial charge on any atom is -0.492 e. The number of benzene rings is 1. The van der Waals surface area contributed by atoms with Gasteiger partial charge in [-0.05, 0) is 19.2 Å². The van der Waals surface area contributed by atoms with Gasteiger partial charge in [0.05, 0.1) is 6.67 Å². The van der Waals surface area contributed by atoms with E-state index in [0.29, 0.717) is 6.61 Å². The van der Waals surface area contributed by atoms with E-state index in [1.165, 1.54) is 0 Å². The number of ether oxygens (including phenoxy) is 1. The van der Waals surface area contributed by atoms with Gasteiger partial charge in [0.25, 0.3) is 0 Å². The summed E-state index contributed by atoms with van der Waals surface area (Å²) < 4.78 is 6.69. The molecular weight excluding hydrogens is 264 g/mol. The lowest BCUT2D eigenvalue weighted by atomic mass is 10.3. The number of rotatable bonds is 6. The molecule has 0 N–H and O–H groups in total. The fourth-order valence-electron chi connectivity index (χ4n) is 1.75. The van der Waals surface area contributed by atoms with Crippen molar-refractivity contribution < 1.29 is 4.74 Å². The number of para-hydroxylation sites is 1. The number of hydrogen-bond acceptors (Lipinski definition) is 4. The molecule has 0 bridgehead atoms. The zero-order chi connectivity index (χ0) is 12.8. The molecule has 2 rings (SSSR count). The van der Waals surface area contributed by atoms with Crippen LogP contribution in [0.2, 0.25) is 0 Å². The Morgan fingerprint density at radius 1 is 1.39 bits per heavy atom. The Morgan fingerprint density at radius 3 is 2.83 bits per heavy atom. The van der Waals surface area contributed by atoms with E-state index in [9.17, 15) is 0 Å². The zero-order valence-electron chi connectivity index (χ0n) is 10.5. The molecule has 0 amide bonds. The van der Waals surface area contributed by atoms with Gasteiger partial charge in [0.2, 0.25) is 0 Å². The third-order valence-electron chi connectivity index (χ3n) is 2.74. The van der Waals surface area contributed by atoms with Gasteiger partial charge in [-0.25, -0.2) is 0 Å². The van der Waals surface area contributed by atoms with E-state index < -0.39 is 0 Å². The second-order valence-electron chi connectivity index (χ2n) is 4.26. The Hall–Kier alpha value is -0.780. The highest BCUT2D eigenvalue weighted by Crippen LogP contribution is 2.17. The second kappa shape index (κ2) is 6.97. The van der Waals surface area contributed by atoms with E-state index in [1.807, 2.05) is 30.3 Å². The van der Waals surface area contributed by atoms with Crippen LogP contribution in [0.4, 0.5) is 0 Å². The molecule has 1 aliphatic rings. The Kier molecular flexibility index (Phi) is 5.28. The lowest BCUT2D eigenvalue weighted by Crippen LogP contribution is -2.37. The predicted molar refractivity (Wildman–Crippen MR) is 81.2 cm³/mol. The predicted octanol–water partition coefficient (Wildman–Crippen LogP) is 2.29. The monoisotopic (exact) mass is 282 g/mol. The average Bonchev–Trinajstić information content (AvgIpc) is 2.76. The van der Waals surface area contributed by atoms with E-state index in [-0.39, 0.29) is 0 Å². The summed E-state index contributed by atoms with van der Waals surface area (Å²) in [6.07, 6.45) is 0. The SMILES string of the molecule is CN(CCOc1ccccc1)CN1CCSC1=S. The van der Waals surface area contributed by atoms with Crippen molar-refractivity contribution >= 4 is 28.3 Å². The van der Waals surface area contributed by atoms with Crippen molar-refractivity contribution in [2.45, 2.75) is 0 Å². The molecule has 0 aliphatic carbocycles. The van der Waals surface area contributed by atoms with Gasteiger partial charge in [0.15, 0.2) is 0 Å². The van der Waals surface area contributed by atoms with Crippen LogP contribution < -0.4 is 4.74 Å². The van der Waals surface area contributed by atoms with Crippen LogP contribution in [-0.4, -0.2) is 53.3 Å². The Morgan fingerprint density at radius 2 is 2.17 bits per heavy atom. The Labute approximate surface area is 118 Å². The normalized spacial score (nSPS) is 15.4. The molecule has 0 saturated carbocycles. The van der Waals surface area contributed by atoms with Gasteiger partial charge in [-0.1, -0.05) is 42.2 Å². The second-order valence-corrected chi connectivity index (χ2v) is 5.99. The summed E-state index contributed by atoms with van der Waals surface area (Å²) in [5.41, 5.74) is 0. The summed E-state index contributed by atoms with van der Waals surface area (Å²) >= 11 is 7.05. The van der Waals surface area contributed by atoms with E-state index in [1.54, 1.807) is 11.8 Å². The molecule has 1 fully saturated rings. The van der Waals surface area contributed by atoms with E-state index in [0.717, 1.165) is 35.6 Å². The molecule has 0 spiro atoms. The van der Waals surface area contributed by atoms with Gasteiger partial charge in [-0.2, -0.15) is 0 Å². The molecule has 1 heterocycles. The van der Waals surface area contributed by atoms with Crippen LogP contribution in [0.5, 0.6) is 5.75 Å². The number of hydrogen-bond donors (Lipinski definition) is 0. The average molecular weight is 282 g/mol. The van der Waals surface area contributed by atoms with Crippen LogP contribution in [-0.2, 0) is 0 Å². The quantitative estimate of drug-likeness (QED) is 0.742. The molecule has 98 valence electrons. The molecule has 0 aromatic heterocycles. The first-order valence-corrected chi connectivity index (χ1v) is 7.43. The molecule has 5 heteroatoms. The summed E-state index contributed by atoms with van der Waals surface area (Å²) in [6, 6.07) is 9.92. The lowest BCUT2D eigenvalue weighted by Gasteiger charge is -2.24. The fraction of sp³-hybridized carbons (Fsp3) is 0.462. The highest BCUT2D eigenvalue weighted by molar-refractivity contribution is 8.23. The molecule has 1 aromatic rings. The van der Waals surface area contributed by atoms with Crippen LogP contribution in [0, 0.1) is 0 Å². The first-order chi connectivity index (χ1) is 8.75. The van der Waals surface area contributed by atoms with Gasteiger partial charge >= 0.3 is 0 Å². The topological polar surface area (TPSA) is 15.7 Å². The smallest absolute Gasteiger partial charge is 0.137 e. The fourth-order valence-corrected chi connectivity index (χ4v) is 2.97. The first kappa shape index (κ1) is 13.6. The maximum absolute atomic E-state index is 5.67. The highest BCUT2D eigenvalue weighted by Gasteiger charge is 2.18. The molecule has 1 saturated heterocycles. The van der Waals surface area contributed by atoms with E-state index >= 15 is 0 Å². The van der Waals surface area contributed by atoms with Crippen LogP contribution in [0.25, 0.3) is 0 Å². The molecule has 0 unspecified atom stereocenters. The molecular formula is C13H18N2OS2. The summed E-state index contributed by atoms with van der Waals surface area (Å²) in [5.74, 6) is 2.05. The minimum atomic E-state index is 0.703. The number of thiocarbonyl (C=S) groups is 1. The van der Waals surface area contributed by atoms with Gasteiger partial charge in [0, 0.05) is 18.8 Å². The molecule has 18 heavy (non-hydrogen) atoms. The largest absolute Gasteiger partial charge is 0.492 e. The van der Waals surface area contributed by atoms with Crippen LogP contribution in [0.3, 0.4) is 0 Å². The molecule has 0 radical (unpaired) electrons. The number of nitrogens with zero attached hydrogens (tertiary/aromatic N) is 2. The van der Waals surface area contributed by atoms with Crippen molar-refractivity contribution in [3.05, 3.63) is 30.3 Å². The number of likely N-dealkylation sites (N-methyl/N-ethyl adjacent to an activating group) is 1.